The Balaban J connectivity index is 0.000000188. The molecule has 2 atom stereocenters. The number of oxime groups is 2. The number of hydrogen-bond acceptors (Lipinski definition) is 14. The molecular weight excluding hydrogens is 720 g/mol. The first kappa shape index (κ1) is 39.3. The maximum Gasteiger partial charge on any atom is 0.373 e. The summed E-state index contributed by atoms with van der Waals surface area (Å²) in [5, 5.41) is 8.03. The molecular formula is C42H32N4O10. The highest BCUT2D eigenvalue weighted by atomic mass is 16.7. The number of nitrogens with zero attached hydrogens (tertiary/aromatic N) is 4. The fourth-order valence-corrected chi connectivity index (χ4v) is 5.03. The van der Waals surface area contributed by atoms with E-state index in [1.165, 1.54) is 0 Å². The Morgan fingerprint density at radius 1 is 0.429 bits per heavy atom. The van der Waals surface area contributed by atoms with E-state index >= 15 is 0 Å². The molecule has 2 aromatic heterocycles. The first-order valence-corrected chi connectivity index (χ1v) is 16.8. The van der Waals surface area contributed by atoms with E-state index in [-0.39, 0.29) is 24.5 Å². The van der Waals surface area contributed by atoms with Gasteiger partial charge in [0.15, 0.2) is 12.2 Å². The minimum Gasteiger partial charge on any atom is -0.457 e. The third-order valence-electron chi connectivity index (χ3n) is 7.49. The average Bonchev–Trinajstić information content (AvgIpc) is 3.91. The van der Waals surface area contributed by atoms with Gasteiger partial charge in [0.2, 0.25) is 11.8 Å². The maximum absolute atomic E-state index is 8.12. The predicted molar refractivity (Wildman–Crippen MR) is 197 cm³/mol. The van der Waals surface area contributed by atoms with Gasteiger partial charge in [-0.15, -0.1) is 0 Å². The molecule has 0 unspecified atom stereocenters. The van der Waals surface area contributed by atoms with Crippen LogP contribution in [0.15, 0.2) is 169 Å². The molecule has 0 fully saturated rings. The largest absolute Gasteiger partial charge is 0.457 e. The third kappa shape index (κ3) is 12.6. The fourth-order valence-electron chi connectivity index (χ4n) is 5.03. The van der Waals surface area contributed by atoms with E-state index in [0.717, 1.165) is 34.1 Å². The van der Waals surface area contributed by atoms with Gasteiger partial charge >= 0.3 is 12.3 Å². The van der Waals surface area contributed by atoms with Gasteiger partial charge in [-0.05, 0) is 83.9 Å². The summed E-state index contributed by atoms with van der Waals surface area (Å²) in [6.07, 6.45) is 8.03. The lowest BCUT2D eigenvalue weighted by atomic mass is 10.1. The number of ether oxygens (including phenoxy) is 4. The molecule has 280 valence electrons. The lowest BCUT2D eigenvalue weighted by Crippen LogP contribution is -2.07. The van der Waals surface area contributed by atoms with Crippen molar-refractivity contribution in [1.29, 1.82) is 0 Å². The van der Waals surface area contributed by atoms with Crippen LogP contribution in [0, 0.1) is 0 Å². The highest BCUT2D eigenvalue weighted by molar-refractivity contribution is 5.80. The predicted octanol–water partition coefficient (Wildman–Crippen LogP) is 8.29. The van der Waals surface area contributed by atoms with Crippen molar-refractivity contribution in [3.8, 4) is 34.5 Å². The number of aromatic nitrogens is 2. The molecule has 0 saturated heterocycles. The highest BCUT2D eigenvalue weighted by Crippen LogP contribution is 2.32. The zero-order valence-electron chi connectivity index (χ0n) is 29.5. The van der Waals surface area contributed by atoms with E-state index in [1.54, 1.807) is 24.8 Å². The van der Waals surface area contributed by atoms with Crippen molar-refractivity contribution in [2.75, 3.05) is 0 Å². The molecule has 0 spiro atoms. The summed E-state index contributed by atoms with van der Waals surface area (Å²) in [7, 11) is 0. The van der Waals surface area contributed by atoms with Crippen LogP contribution in [0.3, 0.4) is 0 Å². The van der Waals surface area contributed by atoms with Gasteiger partial charge in [0.1, 0.15) is 34.5 Å². The lowest BCUT2D eigenvalue weighted by molar-refractivity contribution is -0.193. The molecule has 14 heteroatoms. The Morgan fingerprint density at radius 2 is 0.768 bits per heavy atom. The Bertz CT molecular complexity index is 2040. The van der Waals surface area contributed by atoms with Gasteiger partial charge in [0, 0.05) is 12.4 Å². The summed E-state index contributed by atoms with van der Waals surface area (Å²) in [6, 6.07) is 42.3. The quantitative estimate of drug-likeness (QED) is 0.146. The number of rotatable bonds is 8. The zero-order valence-corrected chi connectivity index (χ0v) is 29.5. The van der Waals surface area contributed by atoms with Crippen LogP contribution in [0.25, 0.3) is 0 Å². The van der Waals surface area contributed by atoms with E-state index in [0.29, 0.717) is 36.1 Å². The third-order valence-corrected chi connectivity index (χ3v) is 7.49. The van der Waals surface area contributed by atoms with Crippen LogP contribution >= 0.6 is 0 Å². The Kier molecular flexibility index (Phi) is 15.1. The van der Waals surface area contributed by atoms with Crippen molar-refractivity contribution in [3.05, 3.63) is 169 Å². The Labute approximate surface area is 320 Å². The number of hydrogen-bond donors (Lipinski definition) is 0. The van der Waals surface area contributed by atoms with Crippen molar-refractivity contribution < 1.29 is 47.8 Å². The molecule has 0 aliphatic carbocycles. The van der Waals surface area contributed by atoms with Crippen LogP contribution in [0.1, 0.15) is 36.2 Å². The normalized spacial score (nSPS) is 14.6. The van der Waals surface area contributed by atoms with Gasteiger partial charge < -0.3 is 28.6 Å². The van der Waals surface area contributed by atoms with Gasteiger partial charge in [0.25, 0.3) is 0 Å². The molecule has 0 N–H and O–H groups in total. The highest BCUT2D eigenvalue weighted by Gasteiger charge is 2.26. The summed E-state index contributed by atoms with van der Waals surface area (Å²) in [5.41, 5.74) is 2.04. The monoisotopic (exact) mass is 752 g/mol. The lowest BCUT2D eigenvalue weighted by Gasteiger charge is -2.10. The Hall–Kier alpha value is -7.92. The molecule has 0 saturated carbocycles. The van der Waals surface area contributed by atoms with Gasteiger partial charge in [0.05, 0.1) is 25.2 Å². The van der Waals surface area contributed by atoms with E-state index in [2.05, 4.69) is 20.3 Å². The summed E-state index contributed by atoms with van der Waals surface area (Å²) < 4.78 is 22.9. The molecule has 0 bridgehead atoms. The van der Waals surface area contributed by atoms with Gasteiger partial charge in [-0.2, -0.15) is 19.2 Å². The molecule has 14 nitrogen and oxygen atoms in total. The van der Waals surface area contributed by atoms with Crippen LogP contribution in [0.2, 0.25) is 0 Å². The van der Waals surface area contributed by atoms with Crippen molar-refractivity contribution >= 4 is 24.1 Å². The first-order valence-electron chi connectivity index (χ1n) is 16.8. The van der Waals surface area contributed by atoms with Crippen LogP contribution in [-0.2, 0) is 28.9 Å². The minimum atomic E-state index is -0.155. The van der Waals surface area contributed by atoms with Crippen molar-refractivity contribution in [3.63, 3.8) is 0 Å². The number of benzene rings is 4. The SMILES string of the molecule is O=C=O.O=C=O.c1ccc(Oc2ccc([C@@H]3CC(Oc4cccnc4)=NO3)cc2)cc1.c1ccc(Oc2ccc([C@H]3CC(Oc4cccnc4)=NO3)cc2)cc1. The molecule has 8 rings (SSSR count). The number of carbonyl (C=O) groups excluding carboxylic acids is 4. The van der Waals surface area contributed by atoms with Crippen molar-refractivity contribution in [1.82, 2.24) is 9.97 Å². The molecule has 0 radical (unpaired) electrons. The maximum atomic E-state index is 8.12. The van der Waals surface area contributed by atoms with Crippen molar-refractivity contribution in [2.45, 2.75) is 25.0 Å². The smallest absolute Gasteiger partial charge is 0.373 e. The second-order valence-electron chi connectivity index (χ2n) is 11.3. The first-order chi connectivity index (χ1) is 27.6. The summed E-state index contributed by atoms with van der Waals surface area (Å²) >= 11 is 0. The summed E-state index contributed by atoms with van der Waals surface area (Å²) in [6.45, 7) is 0. The number of pyridine rings is 2. The second-order valence-corrected chi connectivity index (χ2v) is 11.3. The van der Waals surface area contributed by atoms with Crippen LogP contribution in [0.4, 0.5) is 0 Å². The minimum absolute atomic E-state index is 0.155. The topological polar surface area (TPSA) is 174 Å². The fraction of sp³-hybridized carbons (Fsp3) is 0.0952. The van der Waals surface area contributed by atoms with Gasteiger partial charge in [-0.3, -0.25) is 9.97 Å². The molecule has 2 aliphatic rings. The van der Waals surface area contributed by atoms with Crippen LogP contribution < -0.4 is 18.9 Å². The standard InChI is InChI=1S/2C20H16N2O3.2CO2/c2*1-2-5-16(6-3-1)23-17-10-8-15(9-11-17)19-13-20(22-25-19)24-18-7-4-12-21-14-18;2*2-1-3/h2*1-12,14,19H,13H2;;/t2*19-;;/m10../s1. The molecule has 4 heterocycles. The Morgan fingerprint density at radius 3 is 1.11 bits per heavy atom. The zero-order chi connectivity index (χ0) is 39.2. The molecule has 0 amide bonds. The van der Waals surface area contributed by atoms with Crippen molar-refractivity contribution in [2.24, 2.45) is 10.3 Å². The van der Waals surface area contributed by atoms with E-state index in [1.807, 2.05) is 133 Å². The van der Waals surface area contributed by atoms with E-state index in [4.69, 9.17) is 47.8 Å². The van der Waals surface area contributed by atoms with Crippen LogP contribution in [-0.4, -0.2) is 34.1 Å². The molecule has 4 aromatic carbocycles. The summed E-state index contributed by atoms with van der Waals surface area (Å²) in [5.74, 6) is 5.56. The van der Waals surface area contributed by atoms with Gasteiger partial charge in [-0.25, -0.2) is 0 Å². The molecule has 6 aromatic rings. The van der Waals surface area contributed by atoms with E-state index < -0.39 is 0 Å². The molecule has 56 heavy (non-hydrogen) atoms. The summed E-state index contributed by atoms with van der Waals surface area (Å²) in [4.78, 5) is 51.5. The molecule has 2 aliphatic heterocycles. The average molecular weight is 753 g/mol. The van der Waals surface area contributed by atoms with Crippen LogP contribution in [0.5, 0.6) is 34.5 Å². The second kappa shape index (κ2) is 21.6. The van der Waals surface area contributed by atoms with E-state index in [9.17, 15) is 0 Å². The van der Waals surface area contributed by atoms with Gasteiger partial charge in [-0.1, -0.05) is 71.0 Å². The number of para-hydroxylation sites is 2.